The highest BCUT2D eigenvalue weighted by Crippen LogP contribution is 2.20. The van der Waals surface area contributed by atoms with Crippen LogP contribution in [-0.4, -0.2) is 15.7 Å². The van der Waals surface area contributed by atoms with Gasteiger partial charge >= 0.3 is 5.69 Å². The molecule has 7 nitrogen and oxygen atoms in total. The quantitative estimate of drug-likeness (QED) is 0.861. The Morgan fingerprint density at radius 2 is 1.88 bits per heavy atom. The molecule has 7 heteroatoms. The average Bonchev–Trinajstić information content (AvgIpc) is 2.60. The molecule has 0 spiro atoms. The van der Waals surface area contributed by atoms with E-state index in [1.54, 1.807) is 0 Å². The molecule has 1 N–H and O–H groups in total. The van der Waals surface area contributed by atoms with E-state index >= 15 is 0 Å². The molecule has 0 fully saturated rings. The van der Waals surface area contributed by atoms with Crippen molar-refractivity contribution in [1.82, 2.24) is 9.13 Å². The first kappa shape index (κ1) is 18.3. The van der Waals surface area contributed by atoms with Crippen LogP contribution in [0.4, 0.5) is 5.82 Å². The molecule has 0 aliphatic carbocycles. The normalized spacial score (nSPS) is 10.6. The number of aromatic nitrogens is 2. The summed E-state index contributed by atoms with van der Waals surface area (Å²) >= 11 is 0. The van der Waals surface area contributed by atoms with Crippen LogP contribution in [0.3, 0.4) is 0 Å². The molecule has 1 aromatic carbocycles. The Labute approximate surface area is 146 Å². The SMILES string of the molecule is CC(C)COc1ccccc1CNc1c(C#N)c(=O)n(C)c(=O)n1C. The fourth-order valence-corrected chi connectivity index (χ4v) is 2.38. The zero-order valence-electron chi connectivity index (χ0n) is 14.9. The number of nitrogens with one attached hydrogen (secondary N) is 1. The van der Waals surface area contributed by atoms with Gasteiger partial charge in [-0.1, -0.05) is 32.0 Å². The Morgan fingerprint density at radius 1 is 1.20 bits per heavy atom. The Kier molecular flexibility index (Phi) is 5.65. The lowest BCUT2D eigenvalue weighted by Gasteiger charge is -2.16. The first-order valence-corrected chi connectivity index (χ1v) is 8.01. The van der Waals surface area contributed by atoms with E-state index in [9.17, 15) is 14.9 Å². The third kappa shape index (κ3) is 3.91. The number of hydrogen-bond donors (Lipinski definition) is 1. The molecule has 2 aromatic rings. The van der Waals surface area contributed by atoms with E-state index in [2.05, 4.69) is 19.2 Å². The van der Waals surface area contributed by atoms with Crippen molar-refractivity contribution in [2.45, 2.75) is 20.4 Å². The van der Waals surface area contributed by atoms with Crippen LogP contribution in [0.15, 0.2) is 33.9 Å². The lowest BCUT2D eigenvalue weighted by molar-refractivity contribution is 0.269. The predicted molar refractivity (Wildman–Crippen MR) is 95.7 cm³/mol. The standard InChI is InChI=1S/C18H22N4O3/c1-12(2)11-25-15-8-6-5-7-13(15)10-20-16-14(9-19)17(23)22(4)18(24)21(16)3/h5-8,12,20H,10-11H2,1-4H3. The van der Waals surface area contributed by atoms with Crippen LogP contribution in [-0.2, 0) is 20.6 Å². The zero-order chi connectivity index (χ0) is 18.6. The van der Waals surface area contributed by atoms with E-state index in [-0.39, 0.29) is 11.4 Å². The topological polar surface area (TPSA) is 89.1 Å². The number of rotatable bonds is 6. The van der Waals surface area contributed by atoms with Gasteiger partial charge in [-0.15, -0.1) is 0 Å². The molecule has 132 valence electrons. The van der Waals surface area contributed by atoms with Crippen molar-refractivity contribution in [3.63, 3.8) is 0 Å². The minimum atomic E-state index is -0.613. The molecule has 0 saturated heterocycles. The summed E-state index contributed by atoms with van der Waals surface area (Å²) < 4.78 is 7.98. The van der Waals surface area contributed by atoms with Crippen molar-refractivity contribution < 1.29 is 4.74 Å². The van der Waals surface area contributed by atoms with E-state index < -0.39 is 11.2 Å². The molecule has 0 unspecified atom stereocenters. The van der Waals surface area contributed by atoms with Crippen LogP contribution >= 0.6 is 0 Å². The Morgan fingerprint density at radius 3 is 2.52 bits per heavy atom. The van der Waals surface area contributed by atoms with Crippen LogP contribution in [0.1, 0.15) is 25.0 Å². The Hall–Kier alpha value is -3.01. The predicted octanol–water partition coefficient (Wildman–Crippen LogP) is 1.60. The largest absolute Gasteiger partial charge is 0.493 e. The van der Waals surface area contributed by atoms with Gasteiger partial charge in [0.25, 0.3) is 5.56 Å². The smallest absolute Gasteiger partial charge is 0.332 e. The van der Waals surface area contributed by atoms with Gasteiger partial charge in [0.1, 0.15) is 17.6 Å². The van der Waals surface area contributed by atoms with Gasteiger partial charge in [0, 0.05) is 26.2 Å². The first-order valence-electron chi connectivity index (χ1n) is 8.01. The molecule has 0 aliphatic heterocycles. The molecular weight excluding hydrogens is 320 g/mol. The third-order valence-electron chi connectivity index (χ3n) is 3.77. The maximum atomic E-state index is 12.1. The van der Waals surface area contributed by atoms with Gasteiger partial charge in [-0.2, -0.15) is 5.26 Å². The highest BCUT2D eigenvalue weighted by molar-refractivity contribution is 5.52. The number of nitriles is 1. The molecule has 0 aliphatic rings. The number of ether oxygens (including phenoxy) is 1. The second-order valence-corrected chi connectivity index (χ2v) is 6.21. The maximum Gasteiger partial charge on any atom is 0.332 e. The molecule has 0 saturated carbocycles. The summed E-state index contributed by atoms with van der Waals surface area (Å²) in [5.74, 6) is 1.33. The van der Waals surface area contributed by atoms with Crippen LogP contribution in [0, 0.1) is 17.2 Å². The maximum absolute atomic E-state index is 12.1. The summed E-state index contributed by atoms with van der Waals surface area (Å²) in [6, 6.07) is 9.41. The van der Waals surface area contributed by atoms with Gasteiger partial charge in [0.2, 0.25) is 0 Å². The van der Waals surface area contributed by atoms with E-state index in [4.69, 9.17) is 4.74 Å². The highest BCUT2D eigenvalue weighted by atomic mass is 16.5. The monoisotopic (exact) mass is 342 g/mol. The number of hydrogen-bond acceptors (Lipinski definition) is 5. The first-order chi connectivity index (χ1) is 11.9. The van der Waals surface area contributed by atoms with Crippen molar-refractivity contribution in [1.29, 1.82) is 5.26 Å². The van der Waals surface area contributed by atoms with Crippen molar-refractivity contribution in [2.75, 3.05) is 11.9 Å². The molecule has 0 amide bonds. The van der Waals surface area contributed by atoms with E-state index in [0.29, 0.717) is 19.1 Å². The van der Waals surface area contributed by atoms with Gasteiger partial charge in [-0.05, 0) is 12.0 Å². The third-order valence-corrected chi connectivity index (χ3v) is 3.77. The van der Waals surface area contributed by atoms with E-state index in [1.807, 2.05) is 30.3 Å². The molecule has 0 radical (unpaired) electrons. The lowest BCUT2D eigenvalue weighted by atomic mass is 10.2. The molecule has 0 bridgehead atoms. The van der Waals surface area contributed by atoms with Gasteiger partial charge in [0.05, 0.1) is 6.61 Å². The summed E-state index contributed by atoms with van der Waals surface area (Å²) in [7, 11) is 2.87. The summed E-state index contributed by atoms with van der Waals surface area (Å²) in [5.41, 5.74) is -0.321. The van der Waals surface area contributed by atoms with Crippen molar-refractivity contribution in [2.24, 2.45) is 20.0 Å². The van der Waals surface area contributed by atoms with Crippen LogP contribution in [0.25, 0.3) is 0 Å². The van der Waals surface area contributed by atoms with Gasteiger partial charge < -0.3 is 10.1 Å². The van der Waals surface area contributed by atoms with Crippen molar-refractivity contribution >= 4 is 5.82 Å². The van der Waals surface area contributed by atoms with Gasteiger partial charge in [-0.3, -0.25) is 13.9 Å². The summed E-state index contributed by atoms with van der Waals surface area (Å²) in [5, 5.41) is 12.3. The molecule has 25 heavy (non-hydrogen) atoms. The molecule has 1 heterocycles. The molecule has 1 aromatic heterocycles. The van der Waals surface area contributed by atoms with Crippen molar-refractivity contribution in [3.8, 4) is 11.8 Å². The molecule has 0 atom stereocenters. The Bertz CT molecular complexity index is 919. The fourth-order valence-electron chi connectivity index (χ4n) is 2.38. The van der Waals surface area contributed by atoms with Crippen LogP contribution in [0.2, 0.25) is 0 Å². The van der Waals surface area contributed by atoms with Crippen LogP contribution in [0.5, 0.6) is 5.75 Å². The van der Waals surface area contributed by atoms with Crippen LogP contribution < -0.4 is 21.3 Å². The zero-order valence-corrected chi connectivity index (χ0v) is 14.9. The molecule has 2 rings (SSSR count). The minimum Gasteiger partial charge on any atom is -0.493 e. The Balaban J connectivity index is 2.33. The summed E-state index contributed by atoms with van der Waals surface area (Å²) in [4.78, 5) is 24.2. The van der Waals surface area contributed by atoms with E-state index in [1.165, 1.54) is 18.7 Å². The lowest BCUT2D eigenvalue weighted by Crippen LogP contribution is -2.39. The summed E-state index contributed by atoms with van der Waals surface area (Å²) in [6.45, 7) is 5.04. The number of anilines is 1. The van der Waals surface area contributed by atoms with Crippen molar-refractivity contribution in [3.05, 3.63) is 56.2 Å². The van der Waals surface area contributed by atoms with Gasteiger partial charge in [-0.25, -0.2) is 4.79 Å². The molecular formula is C18H22N4O3. The summed E-state index contributed by atoms with van der Waals surface area (Å²) in [6.07, 6.45) is 0. The number of para-hydroxylation sites is 1. The second-order valence-electron chi connectivity index (χ2n) is 6.21. The average molecular weight is 342 g/mol. The highest BCUT2D eigenvalue weighted by Gasteiger charge is 2.15. The fraction of sp³-hybridized carbons (Fsp3) is 0.389. The minimum absolute atomic E-state index is 0.0924. The second kappa shape index (κ2) is 7.71. The number of nitrogens with zero attached hydrogens (tertiary/aromatic N) is 3. The van der Waals surface area contributed by atoms with Gasteiger partial charge in [0.15, 0.2) is 5.56 Å². The number of benzene rings is 1. The van der Waals surface area contributed by atoms with E-state index in [0.717, 1.165) is 15.9 Å².